The summed E-state index contributed by atoms with van der Waals surface area (Å²) in [5, 5.41) is 0. The standard InChI is InChI=1S/C71H126O6/c1-4-7-10-13-16-19-22-24-26-28-30-32-33-34-35-36-37-39-40-42-44-46-49-52-55-58-61-64-70(73)76-67-68(66-75-69(72)63-60-57-54-51-48-21-18-15-12-9-6-3)77-71(74)65-62-59-56-53-50-47-45-43-41-38-31-29-27-25-23-20-17-14-11-8-5-2/h7,10,15-16,18-19,24,26,29-32,68H,4-6,8-9,11-14,17,20-23,25,27-28,33-67H2,1-3H3/b10-7-,18-15-,19-16-,26-24-,31-29-,32-30-. The molecule has 0 rings (SSSR count). The SMILES string of the molecule is CC/C=C\C/C=C\C/C=C\C/C=C\CCCCCCCCCCCCCCCCC(=O)OCC(COC(=O)CCCCCCC/C=C\CCCC)OC(=O)CCCCCCCCCCC/C=C\CCCCCCCCCC. The lowest BCUT2D eigenvalue weighted by molar-refractivity contribution is -0.167. The molecule has 0 saturated heterocycles. The van der Waals surface area contributed by atoms with Gasteiger partial charge in [-0.1, -0.05) is 293 Å². The minimum absolute atomic E-state index is 0.0764. The number of hydrogen-bond acceptors (Lipinski definition) is 6. The third-order valence-electron chi connectivity index (χ3n) is 14.7. The molecule has 0 aliphatic carbocycles. The maximum absolute atomic E-state index is 12.9. The molecule has 0 bridgehead atoms. The van der Waals surface area contributed by atoms with Gasteiger partial charge in [-0.05, 0) is 103 Å². The molecule has 446 valence electrons. The molecule has 0 radical (unpaired) electrons. The predicted molar refractivity (Wildman–Crippen MR) is 335 cm³/mol. The molecule has 0 fully saturated rings. The Morgan fingerprint density at radius 1 is 0.273 bits per heavy atom. The van der Waals surface area contributed by atoms with Gasteiger partial charge in [0.1, 0.15) is 13.2 Å². The molecule has 0 aromatic heterocycles. The van der Waals surface area contributed by atoms with Crippen LogP contribution in [-0.2, 0) is 28.6 Å². The molecule has 0 amide bonds. The Morgan fingerprint density at radius 2 is 0.519 bits per heavy atom. The molecule has 6 heteroatoms. The van der Waals surface area contributed by atoms with Gasteiger partial charge in [0.05, 0.1) is 0 Å². The molecular formula is C71H126O6. The van der Waals surface area contributed by atoms with E-state index in [9.17, 15) is 14.4 Å². The van der Waals surface area contributed by atoms with Crippen LogP contribution in [0.1, 0.15) is 342 Å². The fourth-order valence-corrected chi connectivity index (χ4v) is 9.65. The Hall–Kier alpha value is -3.15. The number of unbranched alkanes of at least 4 members (excludes halogenated alkanes) is 38. The van der Waals surface area contributed by atoms with Crippen molar-refractivity contribution < 1.29 is 28.6 Å². The van der Waals surface area contributed by atoms with Crippen LogP contribution in [0.15, 0.2) is 72.9 Å². The molecular weight excluding hydrogens is 949 g/mol. The summed E-state index contributed by atoms with van der Waals surface area (Å²) in [6, 6.07) is 0. The topological polar surface area (TPSA) is 78.9 Å². The van der Waals surface area contributed by atoms with Crippen molar-refractivity contribution in [1.29, 1.82) is 0 Å². The van der Waals surface area contributed by atoms with E-state index in [0.29, 0.717) is 19.3 Å². The minimum Gasteiger partial charge on any atom is -0.462 e. The number of carbonyl (C=O) groups is 3. The Labute approximate surface area is 478 Å². The van der Waals surface area contributed by atoms with E-state index in [1.54, 1.807) is 0 Å². The Balaban J connectivity index is 4.22. The minimum atomic E-state index is -0.779. The van der Waals surface area contributed by atoms with Gasteiger partial charge in [0, 0.05) is 19.3 Å². The highest BCUT2D eigenvalue weighted by atomic mass is 16.6. The van der Waals surface area contributed by atoms with Gasteiger partial charge >= 0.3 is 17.9 Å². The average Bonchev–Trinajstić information content (AvgIpc) is 3.43. The van der Waals surface area contributed by atoms with E-state index in [0.717, 1.165) is 89.9 Å². The lowest BCUT2D eigenvalue weighted by atomic mass is 10.0. The highest BCUT2D eigenvalue weighted by molar-refractivity contribution is 5.71. The summed E-state index contributed by atoms with van der Waals surface area (Å²) in [5.41, 5.74) is 0. The largest absolute Gasteiger partial charge is 0.462 e. The van der Waals surface area contributed by atoms with Crippen molar-refractivity contribution in [3.05, 3.63) is 72.9 Å². The second kappa shape index (κ2) is 65.4. The first kappa shape index (κ1) is 73.8. The zero-order chi connectivity index (χ0) is 55.7. The summed E-state index contributed by atoms with van der Waals surface area (Å²) in [6.07, 6.45) is 85.0. The molecule has 0 N–H and O–H groups in total. The quantitative estimate of drug-likeness (QED) is 0.0261. The maximum Gasteiger partial charge on any atom is 0.306 e. The van der Waals surface area contributed by atoms with Crippen molar-refractivity contribution in [3.8, 4) is 0 Å². The van der Waals surface area contributed by atoms with Crippen LogP contribution in [0, 0.1) is 0 Å². The number of ether oxygens (including phenoxy) is 3. The number of rotatable bonds is 61. The number of hydrogen-bond donors (Lipinski definition) is 0. The van der Waals surface area contributed by atoms with Gasteiger partial charge in [-0.25, -0.2) is 0 Å². The van der Waals surface area contributed by atoms with Crippen LogP contribution >= 0.6 is 0 Å². The molecule has 77 heavy (non-hydrogen) atoms. The van der Waals surface area contributed by atoms with E-state index in [1.807, 2.05) is 0 Å². The van der Waals surface area contributed by atoms with E-state index in [-0.39, 0.29) is 31.1 Å². The molecule has 0 aromatic rings. The van der Waals surface area contributed by atoms with E-state index in [2.05, 4.69) is 93.7 Å². The van der Waals surface area contributed by atoms with E-state index < -0.39 is 6.10 Å². The van der Waals surface area contributed by atoms with E-state index >= 15 is 0 Å². The Bertz CT molecular complexity index is 1420. The molecule has 0 heterocycles. The molecule has 0 aromatic carbocycles. The van der Waals surface area contributed by atoms with E-state index in [4.69, 9.17) is 14.2 Å². The fraction of sp³-hybridized carbons (Fsp3) is 0.789. The summed E-state index contributed by atoms with van der Waals surface area (Å²) in [6.45, 7) is 6.52. The van der Waals surface area contributed by atoms with Crippen LogP contribution in [0.2, 0.25) is 0 Å². The van der Waals surface area contributed by atoms with Gasteiger partial charge in [0.25, 0.3) is 0 Å². The number of allylic oxidation sites excluding steroid dienone is 12. The summed E-state index contributed by atoms with van der Waals surface area (Å²) < 4.78 is 16.9. The average molecular weight is 1080 g/mol. The Kier molecular flexibility index (Phi) is 62.7. The summed E-state index contributed by atoms with van der Waals surface area (Å²) in [4.78, 5) is 38.3. The second-order valence-electron chi connectivity index (χ2n) is 22.3. The molecule has 1 unspecified atom stereocenters. The van der Waals surface area contributed by atoms with Crippen molar-refractivity contribution in [2.24, 2.45) is 0 Å². The number of carbonyl (C=O) groups excluding carboxylic acids is 3. The van der Waals surface area contributed by atoms with Crippen LogP contribution in [-0.4, -0.2) is 37.2 Å². The Morgan fingerprint density at radius 3 is 0.844 bits per heavy atom. The lowest BCUT2D eigenvalue weighted by Crippen LogP contribution is -2.30. The third-order valence-corrected chi connectivity index (χ3v) is 14.7. The normalized spacial score (nSPS) is 12.5. The molecule has 0 spiro atoms. The van der Waals surface area contributed by atoms with Gasteiger partial charge < -0.3 is 14.2 Å². The van der Waals surface area contributed by atoms with Gasteiger partial charge in [-0.15, -0.1) is 0 Å². The molecule has 0 aliphatic heterocycles. The first-order valence-electron chi connectivity index (χ1n) is 33.4. The van der Waals surface area contributed by atoms with Gasteiger partial charge in [0.2, 0.25) is 0 Å². The molecule has 1 atom stereocenters. The maximum atomic E-state index is 12.9. The van der Waals surface area contributed by atoms with Crippen molar-refractivity contribution in [2.45, 2.75) is 348 Å². The van der Waals surface area contributed by atoms with Crippen LogP contribution in [0.3, 0.4) is 0 Å². The first-order chi connectivity index (χ1) is 38.0. The highest BCUT2D eigenvalue weighted by Crippen LogP contribution is 2.17. The van der Waals surface area contributed by atoms with Crippen molar-refractivity contribution in [1.82, 2.24) is 0 Å². The van der Waals surface area contributed by atoms with Crippen LogP contribution in [0.4, 0.5) is 0 Å². The fourth-order valence-electron chi connectivity index (χ4n) is 9.65. The third kappa shape index (κ3) is 63.6. The van der Waals surface area contributed by atoms with Gasteiger partial charge in [-0.3, -0.25) is 14.4 Å². The van der Waals surface area contributed by atoms with E-state index in [1.165, 1.54) is 212 Å². The first-order valence-corrected chi connectivity index (χ1v) is 33.4. The van der Waals surface area contributed by atoms with Crippen molar-refractivity contribution >= 4 is 17.9 Å². The van der Waals surface area contributed by atoms with Gasteiger partial charge in [-0.2, -0.15) is 0 Å². The van der Waals surface area contributed by atoms with Crippen LogP contribution in [0.25, 0.3) is 0 Å². The summed E-state index contributed by atoms with van der Waals surface area (Å²) >= 11 is 0. The smallest absolute Gasteiger partial charge is 0.306 e. The molecule has 6 nitrogen and oxygen atoms in total. The molecule has 0 saturated carbocycles. The molecule has 0 aliphatic rings. The monoisotopic (exact) mass is 1070 g/mol. The van der Waals surface area contributed by atoms with Crippen LogP contribution < -0.4 is 0 Å². The van der Waals surface area contributed by atoms with Crippen molar-refractivity contribution in [3.63, 3.8) is 0 Å². The predicted octanol–water partition coefficient (Wildman–Crippen LogP) is 22.9. The van der Waals surface area contributed by atoms with Crippen molar-refractivity contribution in [2.75, 3.05) is 13.2 Å². The van der Waals surface area contributed by atoms with Crippen LogP contribution in [0.5, 0.6) is 0 Å². The lowest BCUT2D eigenvalue weighted by Gasteiger charge is -2.18. The summed E-state index contributed by atoms with van der Waals surface area (Å²) in [7, 11) is 0. The zero-order valence-corrected chi connectivity index (χ0v) is 51.2. The zero-order valence-electron chi connectivity index (χ0n) is 51.2. The van der Waals surface area contributed by atoms with Gasteiger partial charge in [0.15, 0.2) is 6.10 Å². The summed E-state index contributed by atoms with van der Waals surface area (Å²) in [5.74, 6) is -0.873. The number of esters is 3. The second-order valence-corrected chi connectivity index (χ2v) is 22.3. The highest BCUT2D eigenvalue weighted by Gasteiger charge is 2.19.